The predicted octanol–water partition coefficient (Wildman–Crippen LogP) is 5.02. The fraction of sp³-hybridized carbons (Fsp3) is 0.217. The molecule has 1 saturated heterocycles. The maximum atomic E-state index is 12.8. The fourth-order valence-electron chi connectivity index (χ4n) is 3.62. The summed E-state index contributed by atoms with van der Waals surface area (Å²) in [6.45, 7) is 1.55. The van der Waals surface area contributed by atoms with E-state index in [-0.39, 0.29) is 11.8 Å². The second-order valence-corrected chi connectivity index (χ2v) is 7.93. The number of rotatable bonds is 4. The number of nitrogens with zero attached hydrogens (tertiary/aromatic N) is 1. The number of amides is 2. The van der Waals surface area contributed by atoms with E-state index in [9.17, 15) is 9.59 Å². The highest BCUT2D eigenvalue weighted by molar-refractivity contribution is 7.12. The maximum Gasteiger partial charge on any atom is 0.265 e. The number of thiophene rings is 1. The zero-order chi connectivity index (χ0) is 19.3. The number of hydrogen-bond acceptors (Lipinski definition) is 3. The van der Waals surface area contributed by atoms with Gasteiger partial charge in [-0.3, -0.25) is 9.59 Å². The first-order chi connectivity index (χ1) is 13.7. The summed E-state index contributed by atoms with van der Waals surface area (Å²) in [5.74, 6) is 0.458. The summed E-state index contributed by atoms with van der Waals surface area (Å²) in [7, 11) is 0. The van der Waals surface area contributed by atoms with Crippen molar-refractivity contribution in [2.75, 3.05) is 18.4 Å². The lowest BCUT2D eigenvalue weighted by Gasteiger charge is -2.32. The van der Waals surface area contributed by atoms with E-state index < -0.39 is 0 Å². The van der Waals surface area contributed by atoms with Gasteiger partial charge in [0.25, 0.3) is 11.8 Å². The van der Waals surface area contributed by atoms with Gasteiger partial charge >= 0.3 is 0 Å². The van der Waals surface area contributed by atoms with E-state index in [0.29, 0.717) is 22.0 Å². The average Bonchev–Trinajstić information content (AvgIpc) is 3.30. The molecule has 1 aliphatic heterocycles. The van der Waals surface area contributed by atoms with Crippen molar-refractivity contribution < 1.29 is 9.59 Å². The number of carbonyl (C=O) groups excluding carboxylic acids is 2. The Bertz CT molecular complexity index is 929. The molecule has 142 valence electrons. The van der Waals surface area contributed by atoms with E-state index >= 15 is 0 Å². The van der Waals surface area contributed by atoms with E-state index in [0.717, 1.165) is 25.9 Å². The van der Waals surface area contributed by atoms with Crippen molar-refractivity contribution in [1.29, 1.82) is 0 Å². The van der Waals surface area contributed by atoms with Crippen LogP contribution >= 0.6 is 11.3 Å². The molecule has 0 radical (unpaired) electrons. The number of likely N-dealkylation sites (tertiary alicyclic amines) is 1. The molecule has 3 aromatic rings. The monoisotopic (exact) mass is 390 g/mol. The Balaban J connectivity index is 1.34. The lowest BCUT2D eigenvalue weighted by atomic mass is 9.89. The molecule has 4 rings (SSSR count). The van der Waals surface area contributed by atoms with Gasteiger partial charge in [-0.2, -0.15) is 0 Å². The van der Waals surface area contributed by atoms with E-state index in [2.05, 4.69) is 29.6 Å². The van der Waals surface area contributed by atoms with Gasteiger partial charge in [0.2, 0.25) is 0 Å². The van der Waals surface area contributed by atoms with Gasteiger partial charge in [-0.15, -0.1) is 11.3 Å². The normalized spacial score (nSPS) is 14.6. The van der Waals surface area contributed by atoms with Crippen molar-refractivity contribution in [1.82, 2.24) is 4.90 Å². The Kier molecular flexibility index (Phi) is 5.53. The number of anilines is 1. The van der Waals surface area contributed by atoms with E-state index in [1.165, 1.54) is 16.9 Å². The van der Waals surface area contributed by atoms with Gasteiger partial charge in [0, 0.05) is 24.3 Å². The minimum Gasteiger partial charge on any atom is -0.339 e. The number of nitrogens with one attached hydrogen (secondary N) is 1. The van der Waals surface area contributed by atoms with Crippen LogP contribution in [0.5, 0.6) is 0 Å². The lowest BCUT2D eigenvalue weighted by Crippen LogP contribution is -2.37. The maximum absolute atomic E-state index is 12.8. The van der Waals surface area contributed by atoms with Crippen LogP contribution in [-0.2, 0) is 0 Å². The van der Waals surface area contributed by atoms with Crippen LogP contribution in [0.25, 0.3) is 0 Å². The molecule has 2 heterocycles. The molecular formula is C23H22N2O2S. The van der Waals surface area contributed by atoms with Gasteiger partial charge in [-0.05, 0) is 60.0 Å². The van der Waals surface area contributed by atoms with E-state index in [4.69, 9.17) is 0 Å². The molecule has 0 unspecified atom stereocenters. The van der Waals surface area contributed by atoms with Crippen LogP contribution in [0.1, 0.15) is 44.4 Å². The van der Waals surface area contributed by atoms with Crippen molar-refractivity contribution >= 4 is 28.8 Å². The molecule has 4 nitrogen and oxygen atoms in total. The summed E-state index contributed by atoms with van der Waals surface area (Å²) in [5.41, 5.74) is 2.71. The largest absolute Gasteiger partial charge is 0.339 e. The third-order valence-corrected chi connectivity index (χ3v) is 6.06. The molecule has 2 aromatic carbocycles. The molecule has 1 N–H and O–H groups in total. The summed E-state index contributed by atoms with van der Waals surface area (Å²) >= 11 is 1.40. The molecule has 2 amide bonds. The molecule has 0 spiro atoms. The number of piperidine rings is 1. The van der Waals surface area contributed by atoms with Gasteiger partial charge in [0.15, 0.2) is 0 Å². The van der Waals surface area contributed by atoms with Gasteiger partial charge in [-0.1, -0.05) is 36.4 Å². The molecule has 28 heavy (non-hydrogen) atoms. The average molecular weight is 391 g/mol. The van der Waals surface area contributed by atoms with Crippen LogP contribution < -0.4 is 5.32 Å². The van der Waals surface area contributed by atoms with Crippen molar-refractivity contribution in [3.63, 3.8) is 0 Å². The molecule has 1 fully saturated rings. The zero-order valence-corrected chi connectivity index (χ0v) is 16.3. The molecule has 0 atom stereocenters. The number of benzene rings is 2. The lowest BCUT2D eigenvalue weighted by molar-refractivity contribution is 0.0713. The van der Waals surface area contributed by atoms with Crippen LogP contribution in [0, 0.1) is 0 Å². The third kappa shape index (κ3) is 4.15. The van der Waals surface area contributed by atoms with Crippen LogP contribution in [0.2, 0.25) is 0 Å². The van der Waals surface area contributed by atoms with E-state index in [1.807, 2.05) is 22.4 Å². The molecule has 0 aliphatic carbocycles. The van der Waals surface area contributed by atoms with Crippen molar-refractivity contribution in [3.8, 4) is 0 Å². The predicted molar refractivity (Wildman–Crippen MR) is 113 cm³/mol. The standard InChI is InChI=1S/C23H22N2O2S/c26-22(21-7-4-16-28-21)24-20-10-8-19(9-11-20)23(27)25-14-12-18(13-15-25)17-5-2-1-3-6-17/h1-11,16,18H,12-15H2,(H,24,26). The SMILES string of the molecule is O=C(Nc1ccc(C(=O)N2CCC(c3ccccc3)CC2)cc1)c1cccs1. The first-order valence-electron chi connectivity index (χ1n) is 9.50. The van der Waals surface area contributed by atoms with Crippen LogP contribution in [-0.4, -0.2) is 29.8 Å². The van der Waals surface area contributed by atoms with Crippen molar-refractivity contribution in [3.05, 3.63) is 88.1 Å². The second-order valence-electron chi connectivity index (χ2n) is 6.99. The quantitative estimate of drug-likeness (QED) is 0.680. The van der Waals surface area contributed by atoms with Gasteiger partial charge in [-0.25, -0.2) is 0 Å². The topological polar surface area (TPSA) is 49.4 Å². The molecular weight excluding hydrogens is 368 g/mol. The highest BCUT2D eigenvalue weighted by Crippen LogP contribution is 2.28. The Hall–Kier alpha value is -2.92. The van der Waals surface area contributed by atoms with Crippen molar-refractivity contribution in [2.45, 2.75) is 18.8 Å². The number of carbonyl (C=O) groups is 2. The molecule has 1 aliphatic rings. The van der Waals surface area contributed by atoms with Crippen LogP contribution in [0.15, 0.2) is 72.1 Å². The molecule has 1 aromatic heterocycles. The van der Waals surface area contributed by atoms with Crippen LogP contribution in [0.3, 0.4) is 0 Å². The minimum atomic E-state index is -0.128. The van der Waals surface area contributed by atoms with E-state index in [1.54, 1.807) is 30.3 Å². The summed E-state index contributed by atoms with van der Waals surface area (Å²) < 4.78 is 0. The fourth-order valence-corrected chi connectivity index (χ4v) is 4.24. The Morgan fingerprint density at radius 2 is 1.61 bits per heavy atom. The Morgan fingerprint density at radius 3 is 2.25 bits per heavy atom. The van der Waals surface area contributed by atoms with Gasteiger partial charge in [0.05, 0.1) is 4.88 Å². The first-order valence-corrected chi connectivity index (χ1v) is 10.4. The smallest absolute Gasteiger partial charge is 0.265 e. The van der Waals surface area contributed by atoms with Gasteiger partial charge < -0.3 is 10.2 Å². The molecule has 5 heteroatoms. The van der Waals surface area contributed by atoms with Gasteiger partial charge in [0.1, 0.15) is 0 Å². The zero-order valence-electron chi connectivity index (χ0n) is 15.5. The Morgan fingerprint density at radius 1 is 0.893 bits per heavy atom. The van der Waals surface area contributed by atoms with Crippen LogP contribution in [0.4, 0.5) is 5.69 Å². The third-order valence-electron chi connectivity index (χ3n) is 5.19. The molecule has 0 bridgehead atoms. The summed E-state index contributed by atoms with van der Waals surface area (Å²) in [5, 5.41) is 4.73. The summed E-state index contributed by atoms with van der Waals surface area (Å²) in [6, 6.07) is 21.3. The molecule has 0 saturated carbocycles. The minimum absolute atomic E-state index is 0.0580. The summed E-state index contributed by atoms with van der Waals surface area (Å²) in [6.07, 6.45) is 1.98. The summed E-state index contributed by atoms with van der Waals surface area (Å²) in [4.78, 5) is 27.5. The van der Waals surface area contributed by atoms with Crippen molar-refractivity contribution in [2.24, 2.45) is 0 Å². The highest BCUT2D eigenvalue weighted by atomic mass is 32.1. The first kappa shape index (κ1) is 18.4. The highest BCUT2D eigenvalue weighted by Gasteiger charge is 2.24. The second kappa shape index (κ2) is 8.40. The number of hydrogen-bond donors (Lipinski definition) is 1. The Labute approximate surface area is 168 Å².